The van der Waals surface area contributed by atoms with Crippen LogP contribution in [0.15, 0.2) is 35.3 Å². The molecule has 6 heteroatoms. The fourth-order valence-electron chi connectivity index (χ4n) is 1.07. The summed E-state index contributed by atoms with van der Waals surface area (Å²) in [5, 5.41) is 8.60. The molecule has 6 nitrogen and oxygen atoms in total. The molecule has 1 atom stereocenters. The van der Waals surface area contributed by atoms with Crippen LogP contribution in [-0.4, -0.2) is 29.2 Å². The van der Waals surface area contributed by atoms with Crippen LogP contribution < -0.4 is 0 Å². The van der Waals surface area contributed by atoms with E-state index in [1.165, 1.54) is 0 Å². The smallest absolute Gasteiger partial charge is 0.343 e. The Labute approximate surface area is 96.5 Å². The lowest BCUT2D eigenvalue weighted by Gasteiger charge is -2.06. The molecule has 0 bridgehead atoms. The van der Waals surface area contributed by atoms with Gasteiger partial charge in [0.25, 0.3) is 6.04 Å². The second kappa shape index (κ2) is 6.19. The fourth-order valence-corrected chi connectivity index (χ4v) is 1.07. The molecule has 0 spiro atoms. The SMILES string of the molecule is O=C=NC(C(=O)O)C(=O)OCc1ccccc1. The molecule has 0 heterocycles. The molecular formula is C11H9NO5. The average molecular weight is 235 g/mol. The lowest BCUT2D eigenvalue weighted by molar-refractivity contribution is -0.154. The van der Waals surface area contributed by atoms with Crippen LogP contribution in [0.4, 0.5) is 0 Å². The predicted octanol–water partition coefficient (Wildman–Crippen LogP) is 0.519. The lowest BCUT2D eigenvalue weighted by atomic mass is 10.2. The van der Waals surface area contributed by atoms with Gasteiger partial charge >= 0.3 is 11.9 Å². The number of hydrogen-bond acceptors (Lipinski definition) is 5. The number of nitrogens with zero attached hydrogens (tertiary/aromatic N) is 1. The van der Waals surface area contributed by atoms with Crippen molar-refractivity contribution in [2.24, 2.45) is 4.99 Å². The Morgan fingerprint density at radius 2 is 2.00 bits per heavy atom. The van der Waals surface area contributed by atoms with Gasteiger partial charge in [0, 0.05) is 0 Å². The fraction of sp³-hybridized carbons (Fsp3) is 0.182. The third-order valence-corrected chi connectivity index (χ3v) is 1.86. The number of carboxylic acid groups (broad SMARTS) is 1. The molecule has 0 aromatic heterocycles. The first-order valence-corrected chi connectivity index (χ1v) is 4.65. The highest BCUT2D eigenvalue weighted by atomic mass is 16.5. The molecule has 0 amide bonds. The molecule has 1 rings (SSSR count). The summed E-state index contributed by atoms with van der Waals surface area (Å²) in [4.78, 5) is 34.6. The Bertz CT molecular complexity index is 448. The van der Waals surface area contributed by atoms with Crippen molar-refractivity contribution in [3.63, 3.8) is 0 Å². The highest BCUT2D eigenvalue weighted by Gasteiger charge is 2.27. The normalized spacial score (nSPS) is 11.1. The minimum absolute atomic E-state index is 0.0716. The first-order chi connectivity index (χ1) is 8.15. The van der Waals surface area contributed by atoms with Crippen molar-refractivity contribution >= 4 is 18.0 Å². The van der Waals surface area contributed by atoms with E-state index >= 15 is 0 Å². The number of carbonyl (C=O) groups excluding carboxylic acids is 2. The van der Waals surface area contributed by atoms with Crippen molar-refractivity contribution in [1.82, 2.24) is 0 Å². The second-order valence-corrected chi connectivity index (χ2v) is 3.05. The van der Waals surface area contributed by atoms with Gasteiger partial charge in [0.2, 0.25) is 6.08 Å². The number of esters is 1. The first kappa shape index (κ1) is 12.6. The summed E-state index contributed by atoms with van der Waals surface area (Å²) in [5.41, 5.74) is 0.708. The number of benzene rings is 1. The van der Waals surface area contributed by atoms with E-state index in [1.54, 1.807) is 30.3 Å². The third kappa shape index (κ3) is 3.89. The number of carbonyl (C=O) groups is 2. The number of aliphatic imine (C=N–C) groups is 1. The van der Waals surface area contributed by atoms with Gasteiger partial charge in [-0.1, -0.05) is 30.3 Å². The van der Waals surface area contributed by atoms with Gasteiger partial charge < -0.3 is 9.84 Å². The van der Waals surface area contributed by atoms with Gasteiger partial charge in [0.05, 0.1) is 0 Å². The molecule has 0 radical (unpaired) electrons. The van der Waals surface area contributed by atoms with Crippen LogP contribution in [0.5, 0.6) is 0 Å². The highest BCUT2D eigenvalue weighted by Crippen LogP contribution is 2.03. The minimum Gasteiger partial charge on any atom is -0.479 e. The molecule has 1 N–H and O–H groups in total. The lowest BCUT2D eigenvalue weighted by Crippen LogP contribution is -2.29. The zero-order valence-electron chi connectivity index (χ0n) is 8.70. The topological polar surface area (TPSA) is 93.0 Å². The summed E-state index contributed by atoms with van der Waals surface area (Å²) in [6.45, 7) is -0.0716. The predicted molar refractivity (Wildman–Crippen MR) is 55.8 cm³/mol. The van der Waals surface area contributed by atoms with Gasteiger partial charge in [0.15, 0.2) is 0 Å². The van der Waals surface area contributed by atoms with Crippen molar-refractivity contribution in [1.29, 1.82) is 0 Å². The van der Waals surface area contributed by atoms with E-state index in [2.05, 4.69) is 4.99 Å². The van der Waals surface area contributed by atoms with Crippen molar-refractivity contribution in [2.45, 2.75) is 12.6 Å². The maximum Gasteiger partial charge on any atom is 0.343 e. The van der Waals surface area contributed by atoms with Gasteiger partial charge in [0.1, 0.15) is 6.61 Å². The van der Waals surface area contributed by atoms with Crippen LogP contribution in [0.2, 0.25) is 0 Å². The summed E-state index contributed by atoms with van der Waals surface area (Å²) in [6, 6.07) is 6.87. The zero-order chi connectivity index (χ0) is 12.7. The molecule has 0 aliphatic carbocycles. The Hall–Kier alpha value is -2.46. The maximum absolute atomic E-state index is 11.3. The summed E-state index contributed by atoms with van der Waals surface area (Å²) < 4.78 is 4.71. The van der Waals surface area contributed by atoms with Crippen LogP contribution in [0, 0.1) is 0 Å². The van der Waals surface area contributed by atoms with Gasteiger partial charge in [-0.2, -0.15) is 4.99 Å². The third-order valence-electron chi connectivity index (χ3n) is 1.86. The standard InChI is InChI=1S/C11H9NO5/c13-7-12-9(10(14)15)11(16)17-6-8-4-2-1-3-5-8/h1-5,9H,6H2,(H,14,15). The molecule has 0 fully saturated rings. The largest absolute Gasteiger partial charge is 0.479 e. The summed E-state index contributed by atoms with van der Waals surface area (Å²) >= 11 is 0. The first-order valence-electron chi connectivity index (χ1n) is 4.65. The van der Waals surface area contributed by atoms with Crippen molar-refractivity contribution in [2.75, 3.05) is 0 Å². The maximum atomic E-state index is 11.3. The molecule has 0 saturated heterocycles. The van der Waals surface area contributed by atoms with Crippen LogP contribution in [0.25, 0.3) is 0 Å². The number of carboxylic acids is 1. The van der Waals surface area contributed by atoms with E-state index in [4.69, 9.17) is 9.84 Å². The van der Waals surface area contributed by atoms with E-state index in [9.17, 15) is 14.4 Å². The average Bonchev–Trinajstić information content (AvgIpc) is 2.34. The van der Waals surface area contributed by atoms with Gasteiger partial charge in [-0.05, 0) is 5.56 Å². The van der Waals surface area contributed by atoms with Gasteiger partial charge in [-0.15, -0.1) is 0 Å². The van der Waals surface area contributed by atoms with Crippen molar-refractivity contribution in [3.8, 4) is 0 Å². The zero-order valence-corrected chi connectivity index (χ0v) is 8.70. The minimum atomic E-state index is -1.85. The van der Waals surface area contributed by atoms with E-state index in [-0.39, 0.29) is 6.61 Å². The van der Waals surface area contributed by atoms with Crippen molar-refractivity contribution in [3.05, 3.63) is 35.9 Å². The van der Waals surface area contributed by atoms with E-state index in [0.29, 0.717) is 5.56 Å². The molecule has 0 saturated carbocycles. The van der Waals surface area contributed by atoms with Crippen LogP contribution in [0.3, 0.4) is 0 Å². The van der Waals surface area contributed by atoms with Crippen LogP contribution in [-0.2, 0) is 25.7 Å². The Kier molecular flexibility index (Phi) is 4.59. The Morgan fingerprint density at radius 3 is 2.53 bits per heavy atom. The quantitative estimate of drug-likeness (QED) is 0.347. The molecule has 1 unspecified atom stereocenters. The number of rotatable bonds is 5. The summed E-state index contributed by atoms with van der Waals surface area (Å²) in [5.74, 6) is -2.64. The van der Waals surface area contributed by atoms with E-state index in [1.807, 2.05) is 0 Å². The molecule has 0 aliphatic rings. The number of aliphatic carboxylic acids is 1. The summed E-state index contributed by atoms with van der Waals surface area (Å²) in [7, 11) is 0. The molecule has 88 valence electrons. The van der Waals surface area contributed by atoms with Crippen molar-refractivity contribution < 1.29 is 24.2 Å². The van der Waals surface area contributed by atoms with E-state index in [0.717, 1.165) is 6.08 Å². The van der Waals surface area contributed by atoms with Crippen LogP contribution >= 0.6 is 0 Å². The molecule has 1 aromatic rings. The number of ether oxygens (including phenoxy) is 1. The molecule has 1 aromatic carbocycles. The Morgan fingerprint density at radius 1 is 1.35 bits per heavy atom. The monoisotopic (exact) mass is 235 g/mol. The molecule has 17 heavy (non-hydrogen) atoms. The van der Waals surface area contributed by atoms with Gasteiger partial charge in [-0.25, -0.2) is 14.4 Å². The summed E-state index contributed by atoms with van der Waals surface area (Å²) in [6.07, 6.45) is 1.02. The Balaban J connectivity index is 2.59. The number of isocyanates is 1. The molecular weight excluding hydrogens is 226 g/mol. The highest BCUT2D eigenvalue weighted by molar-refractivity contribution is 5.99. The second-order valence-electron chi connectivity index (χ2n) is 3.05. The molecule has 0 aliphatic heterocycles. The van der Waals surface area contributed by atoms with Gasteiger partial charge in [-0.3, -0.25) is 0 Å². The van der Waals surface area contributed by atoms with E-state index < -0.39 is 18.0 Å². The van der Waals surface area contributed by atoms with Crippen LogP contribution in [0.1, 0.15) is 5.56 Å². The number of hydrogen-bond donors (Lipinski definition) is 1.